The lowest BCUT2D eigenvalue weighted by molar-refractivity contribution is 0.192. The van der Waals surface area contributed by atoms with E-state index in [1.54, 1.807) is 0 Å². The van der Waals surface area contributed by atoms with Crippen molar-refractivity contribution in [1.29, 1.82) is 0 Å². The molecule has 1 heterocycles. The first-order valence-corrected chi connectivity index (χ1v) is 7.59. The average Bonchev–Trinajstić information content (AvgIpc) is 2.91. The van der Waals surface area contributed by atoms with Crippen LogP contribution < -0.4 is 10.1 Å². The van der Waals surface area contributed by atoms with E-state index >= 15 is 0 Å². The topological polar surface area (TPSA) is 61.8 Å². The van der Waals surface area contributed by atoms with E-state index in [-0.39, 0.29) is 0 Å². The summed E-state index contributed by atoms with van der Waals surface area (Å²) < 4.78 is 5.65. The first kappa shape index (κ1) is 15.9. The van der Waals surface area contributed by atoms with Crippen LogP contribution in [0.3, 0.4) is 0 Å². The highest BCUT2D eigenvalue weighted by Crippen LogP contribution is 2.17. The van der Waals surface area contributed by atoms with Crippen LogP contribution in [0, 0.1) is 5.92 Å². The molecule has 6 heteroatoms. The highest BCUT2D eigenvalue weighted by atomic mass is 35.5. The molecule has 1 aliphatic heterocycles. The molecule has 1 fully saturated rings. The van der Waals surface area contributed by atoms with Gasteiger partial charge in [0.15, 0.2) is 0 Å². The Labute approximate surface area is 129 Å². The van der Waals surface area contributed by atoms with Crippen LogP contribution in [0.1, 0.15) is 12.8 Å². The molecule has 1 aliphatic rings. The van der Waals surface area contributed by atoms with Crippen molar-refractivity contribution in [1.82, 2.24) is 10.2 Å². The number of hydrogen-bond donors (Lipinski definition) is 2. The van der Waals surface area contributed by atoms with E-state index in [0.29, 0.717) is 24.1 Å². The zero-order valence-corrected chi connectivity index (χ0v) is 12.7. The maximum absolute atomic E-state index is 10.5. The number of likely N-dealkylation sites (tertiary alicyclic amines) is 1. The molecule has 0 radical (unpaired) electrons. The van der Waals surface area contributed by atoms with Crippen molar-refractivity contribution in [2.45, 2.75) is 12.8 Å². The highest BCUT2D eigenvalue weighted by Gasteiger charge is 2.22. The Morgan fingerprint density at radius 2 is 2.19 bits per heavy atom. The van der Waals surface area contributed by atoms with Crippen LogP contribution in [0.15, 0.2) is 24.3 Å². The van der Waals surface area contributed by atoms with E-state index in [4.69, 9.17) is 21.4 Å². The molecule has 0 saturated carbocycles. The van der Waals surface area contributed by atoms with Gasteiger partial charge in [-0.2, -0.15) is 0 Å². The van der Waals surface area contributed by atoms with Crippen LogP contribution in [0.5, 0.6) is 5.75 Å². The molecule has 21 heavy (non-hydrogen) atoms. The van der Waals surface area contributed by atoms with E-state index in [1.807, 2.05) is 24.3 Å². The first-order chi connectivity index (χ1) is 10.1. The second-order valence-corrected chi connectivity index (χ2v) is 5.73. The summed E-state index contributed by atoms with van der Waals surface area (Å²) in [6, 6.07) is 7.37. The van der Waals surface area contributed by atoms with Crippen LogP contribution in [-0.2, 0) is 0 Å². The van der Waals surface area contributed by atoms with Gasteiger partial charge in [0.1, 0.15) is 5.75 Å². The Kier molecular flexibility index (Phi) is 6.14. The molecule has 5 nitrogen and oxygen atoms in total. The van der Waals surface area contributed by atoms with E-state index in [0.717, 1.165) is 38.2 Å². The summed E-state index contributed by atoms with van der Waals surface area (Å²) in [5.74, 6) is 1.27. The Morgan fingerprint density at radius 3 is 2.90 bits per heavy atom. The van der Waals surface area contributed by atoms with Crippen molar-refractivity contribution in [3.63, 3.8) is 0 Å². The van der Waals surface area contributed by atoms with Gasteiger partial charge >= 0.3 is 6.09 Å². The number of nitrogens with one attached hydrogen (secondary N) is 1. The van der Waals surface area contributed by atoms with Gasteiger partial charge in [-0.1, -0.05) is 11.6 Å². The highest BCUT2D eigenvalue weighted by molar-refractivity contribution is 6.30. The predicted molar refractivity (Wildman–Crippen MR) is 82.1 cm³/mol. The molecular weight excluding hydrogens is 292 g/mol. The van der Waals surface area contributed by atoms with Gasteiger partial charge in [0.05, 0.1) is 6.61 Å². The molecule has 1 amide bonds. The van der Waals surface area contributed by atoms with Gasteiger partial charge in [0.25, 0.3) is 0 Å². The van der Waals surface area contributed by atoms with E-state index in [2.05, 4.69) is 10.2 Å². The molecule has 1 saturated heterocycles. The fourth-order valence-corrected chi connectivity index (χ4v) is 2.65. The number of rotatable bonds is 7. The molecule has 116 valence electrons. The third-order valence-electron chi connectivity index (χ3n) is 3.61. The SMILES string of the molecule is O=C(O)NCC1CCN(CCCOc2ccc(Cl)cc2)C1. The number of amides is 1. The molecule has 0 bridgehead atoms. The summed E-state index contributed by atoms with van der Waals surface area (Å²) in [5, 5.41) is 11.8. The van der Waals surface area contributed by atoms with Gasteiger partial charge in [0, 0.05) is 24.7 Å². The van der Waals surface area contributed by atoms with Crippen molar-refractivity contribution < 1.29 is 14.6 Å². The maximum Gasteiger partial charge on any atom is 0.404 e. The minimum atomic E-state index is -0.940. The van der Waals surface area contributed by atoms with Gasteiger partial charge in [0.2, 0.25) is 0 Å². The number of carbonyl (C=O) groups is 1. The number of carboxylic acid groups (broad SMARTS) is 1. The van der Waals surface area contributed by atoms with Crippen molar-refractivity contribution in [3.05, 3.63) is 29.3 Å². The lowest BCUT2D eigenvalue weighted by Crippen LogP contribution is -2.30. The normalized spacial score (nSPS) is 18.6. The average molecular weight is 313 g/mol. The van der Waals surface area contributed by atoms with Gasteiger partial charge in [-0.15, -0.1) is 0 Å². The van der Waals surface area contributed by atoms with Crippen LogP contribution in [-0.4, -0.2) is 48.9 Å². The zero-order valence-electron chi connectivity index (χ0n) is 11.9. The molecule has 2 N–H and O–H groups in total. The zero-order chi connectivity index (χ0) is 15.1. The smallest absolute Gasteiger partial charge is 0.404 e. The first-order valence-electron chi connectivity index (χ1n) is 7.21. The summed E-state index contributed by atoms with van der Waals surface area (Å²) in [7, 11) is 0. The standard InChI is InChI=1S/C15H21ClN2O3/c16-13-2-4-14(5-3-13)21-9-1-7-18-8-6-12(11-18)10-17-15(19)20/h2-5,12,17H,1,6-11H2,(H,19,20). The largest absolute Gasteiger partial charge is 0.494 e. The van der Waals surface area contributed by atoms with E-state index in [9.17, 15) is 4.79 Å². The second-order valence-electron chi connectivity index (χ2n) is 5.30. The molecule has 1 atom stereocenters. The van der Waals surface area contributed by atoms with Crippen LogP contribution in [0.4, 0.5) is 4.79 Å². The van der Waals surface area contributed by atoms with Gasteiger partial charge < -0.3 is 20.1 Å². The van der Waals surface area contributed by atoms with Gasteiger partial charge in [-0.05, 0) is 49.6 Å². The summed E-state index contributed by atoms with van der Waals surface area (Å²) in [6.45, 7) is 4.20. The number of halogens is 1. The van der Waals surface area contributed by atoms with Gasteiger partial charge in [-0.3, -0.25) is 0 Å². The second kappa shape index (κ2) is 8.10. The van der Waals surface area contributed by atoms with Crippen molar-refractivity contribution >= 4 is 17.7 Å². The number of benzene rings is 1. The van der Waals surface area contributed by atoms with Crippen molar-refractivity contribution in [2.75, 3.05) is 32.8 Å². The van der Waals surface area contributed by atoms with E-state index in [1.165, 1.54) is 0 Å². The molecule has 1 unspecified atom stereocenters. The quantitative estimate of drug-likeness (QED) is 0.760. The molecule has 0 aliphatic carbocycles. The molecule has 0 spiro atoms. The van der Waals surface area contributed by atoms with Crippen LogP contribution in [0.25, 0.3) is 0 Å². The lowest BCUT2D eigenvalue weighted by atomic mass is 10.1. The number of nitrogens with zero attached hydrogens (tertiary/aromatic N) is 1. The molecule has 1 aromatic carbocycles. The predicted octanol–water partition coefficient (Wildman–Crippen LogP) is 2.70. The van der Waals surface area contributed by atoms with Crippen molar-refractivity contribution in [2.24, 2.45) is 5.92 Å². The summed E-state index contributed by atoms with van der Waals surface area (Å²) in [4.78, 5) is 12.8. The molecule has 0 aromatic heterocycles. The third kappa shape index (κ3) is 5.81. The number of ether oxygens (including phenoxy) is 1. The molecule has 2 rings (SSSR count). The minimum Gasteiger partial charge on any atom is -0.494 e. The maximum atomic E-state index is 10.5. The Bertz CT molecular complexity index is 453. The molecule has 1 aromatic rings. The third-order valence-corrected chi connectivity index (χ3v) is 3.86. The Balaban J connectivity index is 1.57. The van der Waals surface area contributed by atoms with Gasteiger partial charge in [-0.25, -0.2) is 4.79 Å². The summed E-state index contributed by atoms with van der Waals surface area (Å²) >= 11 is 5.81. The Hall–Kier alpha value is -1.46. The number of hydrogen-bond acceptors (Lipinski definition) is 3. The summed E-state index contributed by atoms with van der Waals surface area (Å²) in [6.07, 6.45) is 1.07. The summed E-state index contributed by atoms with van der Waals surface area (Å²) in [5.41, 5.74) is 0. The Morgan fingerprint density at radius 1 is 1.43 bits per heavy atom. The van der Waals surface area contributed by atoms with Crippen LogP contribution >= 0.6 is 11.6 Å². The fourth-order valence-electron chi connectivity index (χ4n) is 2.52. The monoisotopic (exact) mass is 312 g/mol. The lowest BCUT2D eigenvalue weighted by Gasteiger charge is -2.16. The molecular formula is C15H21ClN2O3. The minimum absolute atomic E-state index is 0.429. The van der Waals surface area contributed by atoms with Crippen molar-refractivity contribution in [3.8, 4) is 5.75 Å². The fraction of sp³-hybridized carbons (Fsp3) is 0.533. The van der Waals surface area contributed by atoms with E-state index < -0.39 is 6.09 Å². The van der Waals surface area contributed by atoms with Crippen LogP contribution in [0.2, 0.25) is 5.02 Å².